The number of aliphatic hydroxyl groups is 1. The summed E-state index contributed by atoms with van der Waals surface area (Å²) in [5, 5.41) is 12.2. The lowest BCUT2D eigenvalue weighted by molar-refractivity contribution is 0.292. The first-order valence-electron chi connectivity index (χ1n) is 8.21. The summed E-state index contributed by atoms with van der Waals surface area (Å²) in [5.74, 6) is 0. The minimum absolute atomic E-state index is 0.0831. The molecule has 0 atom stereocenters. The van der Waals surface area contributed by atoms with Crippen LogP contribution in [0.25, 0.3) is 0 Å². The molecule has 0 amide bonds. The van der Waals surface area contributed by atoms with Gasteiger partial charge in [-0.25, -0.2) is 0 Å². The van der Waals surface area contributed by atoms with Gasteiger partial charge in [0.2, 0.25) is 0 Å². The minimum Gasteiger partial charge on any atom is -0.396 e. The number of rotatable bonds is 7. The molecule has 2 aromatic rings. The Morgan fingerprint density at radius 1 is 1.22 bits per heavy atom. The van der Waals surface area contributed by atoms with Crippen molar-refractivity contribution >= 4 is 5.69 Å². The summed E-state index contributed by atoms with van der Waals surface area (Å²) in [6.45, 7) is 6.85. The van der Waals surface area contributed by atoms with Gasteiger partial charge in [0.25, 0.3) is 5.56 Å². The van der Waals surface area contributed by atoms with E-state index in [1.807, 2.05) is 6.92 Å². The number of aliphatic hydroxyl groups excluding tert-OH is 1. The van der Waals surface area contributed by atoms with Crippen LogP contribution in [0.2, 0.25) is 0 Å². The number of H-pyrrole nitrogens is 1. The number of benzene rings is 1. The largest absolute Gasteiger partial charge is 0.396 e. The van der Waals surface area contributed by atoms with Crippen LogP contribution in [0.3, 0.4) is 0 Å². The van der Waals surface area contributed by atoms with Gasteiger partial charge in [0.15, 0.2) is 0 Å². The van der Waals surface area contributed by atoms with Crippen molar-refractivity contribution in [1.82, 2.24) is 4.98 Å². The van der Waals surface area contributed by atoms with Gasteiger partial charge in [-0.3, -0.25) is 4.79 Å². The smallest absolute Gasteiger partial charge is 0.271 e. The lowest BCUT2D eigenvalue weighted by Crippen LogP contribution is -2.21. The fourth-order valence-corrected chi connectivity index (χ4v) is 3.00. The summed E-state index contributed by atoms with van der Waals surface area (Å²) < 4.78 is 0. The summed E-state index contributed by atoms with van der Waals surface area (Å²) in [6.07, 6.45) is 2.23. The molecule has 1 aromatic heterocycles. The van der Waals surface area contributed by atoms with Crippen molar-refractivity contribution in [2.24, 2.45) is 0 Å². The Kier molecular flexibility index (Phi) is 5.99. The van der Waals surface area contributed by atoms with E-state index in [0.717, 1.165) is 24.1 Å². The van der Waals surface area contributed by atoms with E-state index in [1.165, 1.54) is 16.7 Å². The van der Waals surface area contributed by atoms with Crippen molar-refractivity contribution in [3.8, 4) is 0 Å². The molecule has 1 aromatic carbocycles. The van der Waals surface area contributed by atoms with Crippen molar-refractivity contribution in [2.45, 2.75) is 40.0 Å². The van der Waals surface area contributed by atoms with Crippen LogP contribution in [0.4, 0.5) is 5.69 Å². The van der Waals surface area contributed by atoms with Gasteiger partial charge in [-0.1, -0.05) is 36.8 Å². The molecule has 1 heterocycles. The number of hydrogen-bond donors (Lipinski definition) is 3. The average molecular weight is 314 g/mol. The number of aromatic nitrogens is 1. The Labute approximate surface area is 137 Å². The number of aromatic amines is 1. The molecule has 4 heteroatoms. The van der Waals surface area contributed by atoms with Gasteiger partial charge in [-0.15, -0.1) is 0 Å². The molecule has 3 N–H and O–H groups in total. The Bertz CT molecular complexity index is 720. The Morgan fingerprint density at radius 2 is 2.00 bits per heavy atom. The lowest BCUT2D eigenvalue weighted by atomic mass is 9.95. The van der Waals surface area contributed by atoms with Gasteiger partial charge < -0.3 is 15.4 Å². The van der Waals surface area contributed by atoms with Crippen molar-refractivity contribution in [1.29, 1.82) is 0 Å². The number of anilines is 1. The molecule has 4 nitrogen and oxygen atoms in total. The van der Waals surface area contributed by atoms with E-state index in [4.69, 9.17) is 5.11 Å². The molecule has 23 heavy (non-hydrogen) atoms. The highest BCUT2D eigenvalue weighted by molar-refractivity contribution is 5.56. The van der Waals surface area contributed by atoms with Crippen LogP contribution in [0.5, 0.6) is 0 Å². The zero-order chi connectivity index (χ0) is 16.8. The fraction of sp³-hybridized carbons (Fsp3) is 0.421. The first-order valence-corrected chi connectivity index (χ1v) is 8.21. The molecule has 0 aliphatic carbocycles. The minimum atomic E-state index is -0.0831. The molecular formula is C19H26N2O2. The highest BCUT2D eigenvalue weighted by Gasteiger charge is 2.15. The molecule has 0 unspecified atom stereocenters. The quantitative estimate of drug-likeness (QED) is 0.689. The third kappa shape index (κ3) is 4.23. The zero-order valence-corrected chi connectivity index (χ0v) is 14.2. The van der Waals surface area contributed by atoms with Crippen LogP contribution in [0.15, 0.2) is 29.1 Å². The Balaban J connectivity index is 2.46. The van der Waals surface area contributed by atoms with Gasteiger partial charge >= 0.3 is 0 Å². The van der Waals surface area contributed by atoms with E-state index in [2.05, 4.69) is 48.4 Å². The molecular weight excluding hydrogens is 288 g/mol. The third-order valence-electron chi connectivity index (χ3n) is 4.10. The van der Waals surface area contributed by atoms with Gasteiger partial charge in [0.05, 0.1) is 0 Å². The summed E-state index contributed by atoms with van der Waals surface area (Å²) in [4.78, 5) is 15.3. The van der Waals surface area contributed by atoms with Crippen LogP contribution in [-0.2, 0) is 12.8 Å². The summed E-state index contributed by atoms with van der Waals surface area (Å²) in [6, 6.07) is 8.39. The first kappa shape index (κ1) is 17.3. The predicted octanol–water partition coefficient (Wildman–Crippen LogP) is 2.94. The first-order chi connectivity index (χ1) is 11.1. The number of nitrogens with one attached hydrogen (secondary N) is 2. The van der Waals surface area contributed by atoms with Crippen molar-refractivity contribution in [3.05, 3.63) is 62.6 Å². The summed E-state index contributed by atoms with van der Waals surface area (Å²) in [7, 11) is 0. The molecule has 0 spiro atoms. The Morgan fingerprint density at radius 3 is 2.65 bits per heavy atom. The predicted molar refractivity (Wildman–Crippen MR) is 95.4 cm³/mol. The maximum absolute atomic E-state index is 12.4. The number of pyridine rings is 1. The molecule has 0 saturated carbocycles. The van der Waals surface area contributed by atoms with Gasteiger partial charge in [0.1, 0.15) is 5.69 Å². The molecule has 0 saturated heterocycles. The van der Waals surface area contributed by atoms with E-state index in [-0.39, 0.29) is 12.2 Å². The average Bonchev–Trinajstić information content (AvgIpc) is 2.50. The molecule has 0 radical (unpaired) electrons. The van der Waals surface area contributed by atoms with Crippen LogP contribution in [0.1, 0.15) is 41.3 Å². The van der Waals surface area contributed by atoms with E-state index in [9.17, 15) is 4.79 Å². The molecule has 0 aliphatic rings. The van der Waals surface area contributed by atoms with Crippen molar-refractivity contribution in [3.63, 3.8) is 0 Å². The molecule has 0 aliphatic heterocycles. The highest BCUT2D eigenvalue weighted by Crippen LogP contribution is 2.23. The second-order valence-corrected chi connectivity index (χ2v) is 5.93. The standard InChI is InChI=1S/C19H26N2O2/c1-4-16-14(3)21-19(23)18(20-9-6-10-22)17(16)12-15-8-5-7-13(2)11-15/h5,7-8,11,20,22H,4,6,9-10,12H2,1-3H3,(H,21,23). The van der Waals surface area contributed by atoms with Crippen molar-refractivity contribution in [2.75, 3.05) is 18.5 Å². The topological polar surface area (TPSA) is 65.1 Å². The normalized spacial score (nSPS) is 10.8. The van der Waals surface area contributed by atoms with Crippen LogP contribution < -0.4 is 10.9 Å². The van der Waals surface area contributed by atoms with Crippen LogP contribution >= 0.6 is 0 Å². The molecule has 0 bridgehead atoms. The SMILES string of the molecule is CCc1c(C)[nH]c(=O)c(NCCCO)c1Cc1cccc(C)c1. The Hall–Kier alpha value is -2.07. The summed E-state index contributed by atoms with van der Waals surface area (Å²) in [5.41, 5.74) is 6.18. The maximum Gasteiger partial charge on any atom is 0.271 e. The number of aryl methyl sites for hydroxylation is 2. The van der Waals surface area contributed by atoms with Crippen LogP contribution in [-0.4, -0.2) is 23.2 Å². The van der Waals surface area contributed by atoms with Crippen molar-refractivity contribution < 1.29 is 5.11 Å². The highest BCUT2D eigenvalue weighted by atomic mass is 16.3. The number of hydrogen-bond acceptors (Lipinski definition) is 3. The third-order valence-corrected chi connectivity index (χ3v) is 4.10. The van der Waals surface area contributed by atoms with E-state index >= 15 is 0 Å². The fourth-order valence-electron chi connectivity index (χ4n) is 3.00. The second-order valence-electron chi connectivity index (χ2n) is 5.93. The van der Waals surface area contributed by atoms with E-state index in [0.29, 0.717) is 18.7 Å². The van der Waals surface area contributed by atoms with Gasteiger partial charge in [0, 0.05) is 25.3 Å². The molecule has 0 fully saturated rings. The maximum atomic E-state index is 12.4. The van der Waals surface area contributed by atoms with E-state index in [1.54, 1.807) is 0 Å². The van der Waals surface area contributed by atoms with Gasteiger partial charge in [-0.05, 0) is 43.4 Å². The van der Waals surface area contributed by atoms with Gasteiger partial charge in [-0.2, -0.15) is 0 Å². The zero-order valence-electron chi connectivity index (χ0n) is 14.2. The monoisotopic (exact) mass is 314 g/mol. The summed E-state index contributed by atoms with van der Waals surface area (Å²) >= 11 is 0. The lowest BCUT2D eigenvalue weighted by Gasteiger charge is -2.17. The molecule has 124 valence electrons. The second kappa shape index (κ2) is 7.97. The molecule has 2 rings (SSSR count). The van der Waals surface area contributed by atoms with E-state index < -0.39 is 0 Å². The van der Waals surface area contributed by atoms with Crippen LogP contribution in [0, 0.1) is 13.8 Å².